The summed E-state index contributed by atoms with van der Waals surface area (Å²) in [6, 6.07) is 3.49. The molecule has 0 aliphatic heterocycles. The van der Waals surface area contributed by atoms with Crippen LogP contribution in [0.4, 0.5) is 4.39 Å². The van der Waals surface area contributed by atoms with E-state index in [-0.39, 0.29) is 0 Å². The van der Waals surface area contributed by atoms with Crippen LogP contribution in [0.25, 0.3) is 0 Å². The number of hydrogen-bond donors (Lipinski definition) is 2. The molecule has 0 heterocycles. The molecule has 0 bridgehead atoms. The number of sulfonamides is 1. The van der Waals surface area contributed by atoms with Crippen molar-refractivity contribution in [2.45, 2.75) is 24.2 Å². The fourth-order valence-corrected chi connectivity index (χ4v) is 2.14. The van der Waals surface area contributed by atoms with Gasteiger partial charge in [-0.05, 0) is 38.6 Å². The Hall–Kier alpha value is -1.47. The van der Waals surface area contributed by atoms with Crippen molar-refractivity contribution < 1.29 is 17.6 Å². The molecule has 0 saturated carbocycles. The Morgan fingerprint density at radius 1 is 1.39 bits per heavy atom. The van der Waals surface area contributed by atoms with Gasteiger partial charge in [0.15, 0.2) is 0 Å². The predicted molar refractivity (Wildman–Crippen MR) is 64.9 cm³/mol. The average Bonchev–Trinajstić information content (AvgIpc) is 2.28. The van der Waals surface area contributed by atoms with Crippen molar-refractivity contribution in [1.82, 2.24) is 4.72 Å². The highest BCUT2D eigenvalue weighted by Crippen LogP contribution is 2.26. The summed E-state index contributed by atoms with van der Waals surface area (Å²) in [6.45, 7) is 3.08. The van der Waals surface area contributed by atoms with Crippen molar-refractivity contribution in [3.05, 3.63) is 29.6 Å². The third-order valence-corrected chi connectivity index (χ3v) is 4.28. The first-order valence-electron chi connectivity index (χ1n) is 5.16. The van der Waals surface area contributed by atoms with Gasteiger partial charge < -0.3 is 5.73 Å². The Morgan fingerprint density at radius 3 is 2.33 bits per heavy atom. The summed E-state index contributed by atoms with van der Waals surface area (Å²) < 4.78 is 38.7. The lowest BCUT2D eigenvalue weighted by Crippen LogP contribution is -2.35. The molecular weight excluding hydrogens is 259 g/mol. The highest BCUT2D eigenvalue weighted by Gasteiger charge is 2.29. The second-order valence-corrected chi connectivity index (χ2v) is 6.20. The minimum Gasteiger partial charge on any atom is -0.369 e. The van der Waals surface area contributed by atoms with Crippen LogP contribution in [0.15, 0.2) is 23.1 Å². The van der Waals surface area contributed by atoms with Crippen molar-refractivity contribution >= 4 is 15.9 Å². The Labute approximate surface area is 105 Å². The molecule has 3 N–H and O–H groups in total. The molecule has 1 aromatic rings. The largest absolute Gasteiger partial charge is 0.369 e. The highest BCUT2D eigenvalue weighted by molar-refractivity contribution is 7.89. The van der Waals surface area contributed by atoms with Gasteiger partial charge in [0.2, 0.25) is 15.9 Å². The van der Waals surface area contributed by atoms with Crippen LogP contribution in [0, 0.1) is 5.82 Å². The first-order chi connectivity index (χ1) is 8.13. The predicted octanol–water partition coefficient (Wildman–Crippen LogP) is 0.497. The van der Waals surface area contributed by atoms with Crippen molar-refractivity contribution in [2.24, 2.45) is 5.73 Å². The highest BCUT2D eigenvalue weighted by atomic mass is 32.2. The lowest BCUT2D eigenvalue weighted by molar-refractivity contribution is -0.122. The van der Waals surface area contributed by atoms with Gasteiger partial charge in [-0.1, -0.05) is 6.07 Å². The molecule has 0 saturated heterocycles. The van der Waals surface area contributed by atoms with E-state index in [0.717, 1.165) is 12.1 Å². The van der Waals surface area contributed by atoms with E-state index in [4.69, 9.17) is 5.73 Å². The van der Waals surface area contributed by atoms with Crippen molar-refractivity contribution in [3.63, 3.8) is 0 Å². The number of benzene rings is 1. The molecule has 0 aliphatic rings. The van der Waals surface area contributed by atoms with Gasteiger partial charge >= 0.3 is 0 Å². The second kappa shape index (κ2) is 4.66. The summed E-state index contributed by atoms with van der Waals surface area (Å²) in [7, 11) is -2.66. The topological polar surface area (TPSA) is 89.3 Å². The zero-order chi connectivity index (χ0) is 14.1. The molecule has 0 radical (unpaired) electrons. The molecular formula is C11H15FN2O3S. The number of halogens is 1. The maximum atomic E-state index is 13.8. The van der Waals surface area contributed by atoms with Crippen LogP contribution >= 0.6 is 0 Å². The van der Waals surface area contributed by atoms with Crippen LogP contribution in [-0.2, 0) is 20.2 Å². The molecule has 0 spiro atoms. The smallest absolute Gasteiger partial charge is 0.243 e. The van der Waals surface area contributed by atoms with E-state index in [9.17, 15) is 17.6 Å². The van der Waals surface area contributed by atoms with E-state index in [1.165, 1.54) is 27.0 Å². The summed E-state index contributed by atoms with van der Waals surface area (Å²) in [5.74, 6) is -1.54. The number of hydrogen-bond acceptors (Lipinski definition) is 3. The Morgan fingerprint density at radius 2 is 1.94 bits per heavy atom. The SMILES string of the molecule is CNS(=O)(=O)c1ccc(C(C)(C)C(N)=O)cc1F. The van der Waals surface area contributed by atoms with Crippen LogP contribution < -0.4 is 10.5 Å². The third kappa shape index (κ3) is 2.51. The van der Waals surface area contributed by atoms with E-state index in [1.54, 1.807) is 0 Å². The van der Waals surface area contributed by atoms with E-state index >= 15 is 0 Å². The zero-order valence-electron chi connectivity index (χ0n) is 10.3. The lowest BCUT2D eigenvalue weighted by Gasteiger charge is -2.21. The number of carbonyl (C=O) groups is 1. The first-order valence-corrected chi connectivity index (χ1v) is 6.64. The summed E-state index contributed by atoms with van der Waals surface area (Å²) in [5, 5.41) is 0. The van der Waals surface area contributed by atoms with Gasteiger partial charge in [-0.25, -0.2) is 17.5 Å². The van der Waals surface area contributed by atoms with Gasteiger partial charge in [0.25, 0.3) is 0 Å². The van der Waals surface area contributed by atoms with Crippen LogP contribution in [0.5, 0.6) is 0 Å². The van der Waals surface area contributed by atoms with E-state index < -0.39 is 32.1 Å². The summed E-state index contributed by atoms with van der Waals surface area (Å²) in [6.07, 6.45) is 0. The van der Waals surface area contributed by atoms with E-state index in [1.807, 2.05) is 4.72 Å². The average molecular weight is 274 g/mol. The van der Waals surface area contributed by atoms with Crippen LogP contribution in [0.1, 0.15) is 19.4 Å². The summed E-state index contributed by atoms with van der Waals surface area (Å²) in [4.78, 5) is 10.8. The van der Waals surface area contributed by atoms with Gasteiger partial charge in [0.1, 0.15) is 10.7 Å². The molecule has 7 heteroatoms. The van der Waals surface area contributed by atoms with E-state index in [2.05, 4.69) is 0 Å². The van der Waals surface area contributed by atoms with E-state index in [0.29, 0.717) is 5.56 Å². The number of carbonyl (C=O) groups excluding carboxylic acids is 1. The molecule has 18 heavy (non-hydrogen) atoms. The van der Waals surface area contributed by atoms with Gasteiger partial charge in [-0.15, -0.1) is 0 Å². The minimum atomic E-state index is -3.85. The maximum Gasteiger partial charge on any atom is 0.243 e. The number of nitrogens with one attached hydrogen (secondary N) is 1. The Kier molecular flexibility index (Phi) is 3.78. The van der Waals surface area contributed by atoms with Gasteiger partial charge in [-0.2, -0.15) is 0 Å². The van der Waals surface area contributed by atoms with Gasteiger partial charge in [0, 0.05) is 0 Å². The molecule has 100 valence electrons. The quantitative estimate of drug-likeness (QED) is 0.837. The molecule has 1 rings (SSSR count). The summed E-state index contributed by atoms with van der Waals surface area (Å²) in [5.41, 5.74) is 4.47. The molecule has 0 fully saturated rings. The fourth-order valence-electron chi connectivity index (χ4n) is 1.36. The monoisotopic (exact) mass is 274 g/mol. The zero-order valence-corrected chi connectivity index (χ0v) is 11.1. The molecule has 0 unspecified atom stereocenters. The Balaban J connectivity index is 3.36. The van der Waals surface area contributed by atoms with Crippen LogP contribution in [-0.4, -0.2) is 21.4 Å². The summed E-state index contributed by atoms with van der Waals surface area (Å²) >= 11 is 0. The molecule has 0 atom stereocenters. The first kappa shape index (κ1) is 14.6. The number of primary amides is 1. The van der Waals surface area contributed by atoms with Crippen molar-refractivity contribution in [1.29, 1.82) is 0 Å². The molecule has 1 aromatic carbocycles. The van der Waals surface area contributed by atoms with Crippen LogP contribution in [0.2, 0.25) is 0 Å². The molecule has 0 aromatic heterocycles. The fraction of sp³-hybridized carbons (Fsp3) is 0.364. The standard InChI is InChI=1S/C11H15FN2O3S/c1-11(2,10(13)15)7-4-5-9(8(12)6-7)18(16,17)14-3/h4-6,14H,1-3H3,(H2,13,15). The molecule has 1 amide bonds. The van der Waals surface area contributed by atoms with Gasteiger partial charge in [0.05, 0.1) is 5.41 Å². The third-order valence-electron chi connectivity index (χ3n) is 2.83. The normalized spacial score (nSPS) is 12.4. The van der Waals surface area contributed by atoms with Gasteiger partial charge in [-0.3, -0.25) is 4.79 Å². The number of amides is 1. The molecule has 5 nitrogen and oxygen atoms in total. The van der Waals surface area contributed by atoms with Crippen molar-refractivity contribution in [3.8, 4) is 0 Å². The molecule has 0 aliphatic carbocycles. The Bertz CT molecular complexity index is 582. The van der Waals surface area contributed by atoms with Crippen LogP contribution in [0.3, 0.4) is 0 Å². The minimum absolute atomic E-state index is 0.322. The lowest BCUT2D eigenvalue weighted by atomic mass is 9.84. The maximum absolute atomic E-state index is 13.8. The number of rotatable bonds is 4. The van der Waals surface area contributed by atoms with Crippen molar-refractivity contribution in [2.75, 3.05) is 7.05 Å². The second-order valence-electron chi connectivity index (χ2n) is 4.34. The number of nitrogens with two attached hydrogens (primary N) is 1.